The van der Waals surface area contributed by atoms with Gasteiger partial charge in [0.25, 0.3) is 0 Å². The molecule has 0 bridgehead atoms. The normalized spacial score (nSPS) is 15.7. The van der Waals surface area contributed by atoms with Gasteiger partial charge in [0.15, 0.2) is 5.96 Å². The molecule has 1 aromatic heterocycles. The summed E-state index contributed by atoms with van der Waals surface area (Å²) in [4.78, 5) is 8.94. The van der Waals surface area contributed by atoms with Crippen molar-refractivity contribution in [3.05, 3.63) is 83.9 Å². The molecule has 0 amide bonds. The predicted molar refractivity (Wildman–Crippen MR) is 126 cm³/mol. The first-order chi connectivity index (χ1) is 13.8. The number of aliphatic imine (C=N–C) groups is 1. The number of nitrogens with one attached hydrogen (secondary N) is 1. The smallest absolute Gasteiger partial charge is 0.189 e. The molecule has 0 spiro atoms. The third-order valence-electron chi connectivity index (χ3n) is 4.96. The Morgan fingerprint density at radius 3 is 2.83 bits per heavy atom. The van der Waals surface area contributed by atoms with Gasteiger partial charge in [-0.05, 0) is 18.1 Å². The van der Waals surface area contributed by atoms with Crippen molar-refractivity contribution in [2.45, 2.75) is 32.0 Å². The maximum Gasteiger partial charge on any atom is 0.189 e. The summed E-state index contributed by atoms with van der Waals surface area (Å²) in [6, 6.07) is 18.6. The van der Waals surface area contributed by atoms with Gasteiger partial charge in [-0.3, -0.25) is 0 Å². The molecular formula is C22H26IN5O. The highest BCUT2D eigenvalue weighted by molar-refractivity contribution is 14.0. The lowest BCUT2D eigenvalue weighted by Gasteiger charge is -2.26. The number of ether oxygens (including phenoxy) is 1. The van der Waals surface area contributed by atoms with Crippen LogP contribution in [0.15, 0.2) is 72.0 Å². The minimum Gasteiger partial charge on any atom is -0.493 e. The number of nitrogens with zero attached hydrogens (tertiary/aromatic N) is 3. The van der Waals surface area contributed by atoms with Crippen LogP contribution in [0.25, 0.3) is 0 Å². The van der Waals surface area contributed by atoms with Crippen molar-refractivity contribution in [3.8, 4) is 5.75 Å². The topological polar surface area (TPSA) is 77.5 Å². The standard InChI is InChI=1S/C22H25N5O.HI/c23-22(26-19-11-15-28-20-9-5-4-8-18(19)20)25-16-21-24-12-14-27(21)13-10-17-6-2-1-3-7-17;/h1-9,12,14,19H,10-11,13,15-16H2,(H3,23,25,26);1H. The van der Waals surface area contributed by atoms with Crippen LogP contribution < -0.4 is 15.8 Å². The Kier molecular flexibility index (Phi) is 7.51. The molecule has 1 aliphatic heterocycles. The fourth-order valence-corrected chi connectivity index (χ4v) is 3.46. The Bertz CT molecular complexity index is 941. The van der Waals surface area contributed by atoms with E-state index in [-0.39, 0.29) is 30.0 Å². The highest BCUT2D eigenvalue weighted by Crippen LogP contribution is 2.31. The molecule has 4 rings (SSSR count). The van der Waals surface area contributed by atoms with Crippen LogP contribution in [-0.2, 0) is 19.5 Å². The number of hydrogen-bond donors (Lipinski definition) is 2. The number of rotatable bonds is 6. The van der Waals surface area contributed by atoms with Crippen molar-refractivity contribution in [1.29, 1.82) is 0 Å². The zero-order valence-corrected chi connectivity index (χ0v) is 18.5. The summed E-state index contributed by atoms with van der Waals surface area (Å²) in [6.07, 6.45) is 5.62. The molecule has 1 unspecified atom stereocenters. The largest absolute Gasteiger partial charge is 0.493 e. The molecule has 0 saturated carbocycles. The van der Waals surface area contributed by atoms with Crippen molar-refractivity contribution in [2.24, 2.45) is 10.7 Å². The first-order valence-electron chi connectivity index (χ1n) is 9.62. The molecule has 0 fully saturated rings. The van der Waals surface area contributed by atoms with Gasteiger partial charge >= 0.3 is 0 Å². The lowest BCUT2D eigenvalue weighted by Crippen LogP contribution is -2.37. The summed E-state index contributed by atoms with van der Waals surface area (Å²) in [5.74, 6) is 2.25. The summed E-state index contributed by atoms with van der Waals surface area (Å²) in [7, 11) is 0. The molecule has 2 heterocycles. The molecule has 2 aromatic carbocycles. The van der Waals surface area contributed by atoms with E-state index in [0.29, 0.717) is 19.1 Å². The van der Waals surface area contributed by atoms with E-state index in [2.05, 4.69) is 50.2 Å². The molecule has 0 aliphatic carbocycles. The van der Waals surface area contributed by atoms with Gasteiger partial charge in [-0.15, -0.1) is 24.0 Å². The maximum atomic E-state index is 6.15. The van der Waals surface area contributed by atoms with Gasteiger partial charge < -0.3 is 20.4 Å². The summed E-state index contributed by atoms with van der Waals surface area (Å²) in [6.45, 7) is 1.99. The number of nitrogens with two attached hydrogens (primary N) is 1. The summed E-state index contributed by atoms with van der Waals surface area (Å²) >= 11 is 0. The molecule has 29 heavy (non-hydrogen) atoms. The minimum absolute atomic E-state index is 0. The molecule has 3 aromatic rings. The highest BCUT2D eigenvalue weighted by atomic mass is 127. The Morgan fingerprint density at radius 1 is 1.17 bits per heavy atom. The third-order valence-corrected chi connectivity index (χ3v) is 4.96. The van der Waals surface area contributed by atoms with Crippen LogP contribution in [0.5, 0.6) is 5.75 Å². The molecule has 3 N–H and O–H groups in total. The fraction of sp³-hybridized carbons (Fsp3) is 0.273. The number of halogens is 1. The Labute approximate surface area is 188 Å². The van der Waals surface area contributed by atoms with Gasteiger partial charge in [0.1, 0.15) is 18.1 Å². The van der Waals surface area contributed by atoms with Crippen LogP contribution in [0.3, 0.4) is 0 Å². The Hall–Kier alpha value is -2.55. The predicted octanol–water partition coefficient (Wildman–Crippen LogP) is 3.67. The van der Waals surface area contributed by atoms with Crippen molar-refractivity contribution >= 4 is 29.9 Å². The van der Waals surface area contributed by atoms with Crippen molar-refractivity contribution < 1.29 is 4.74 Å². The summed E-state index contributed by atoms with van der Waals surface area (Å²) in [5, 5.41) is 3.33. The van der Waals surface area contributed by atoms with Crippen LogP contribution in [0, 0.1) is 0 Å². The van der Waals surface area contributed by atoms with E-state index < -0.39 is 0 Å². The number of aromatic nitrogens is 2. The average Bonchev–Trinajstić information content (AvgIpc) is 3.19. The number of fused-ring (bicyclic) bond motifs is 1. The molecule has 1 atom stereocenters. The molecule has 6 nitrogen and oxygen atoms in total. The van der Waals surface area contributed by atoms with Crippen molar-refractivity contribution in [1.82, 2.24) is 14.9 Å². The van der Waals surface area contributed by atoms with Crippen LogP contribution in [0.4, 0.5) is 0 Å². The van der Waals surface area contributed by atoms with E-state index in [4.69, 9.17) is 10.5 Å². The van der Waals surface area contributed by atoms with Gasteiger partial charge in [0, 0.05) is 30.9 Å². The number of guanidine groups is 1. The average molecular weight is 503 g/mol. The fourth-order valence-electron chi connectivity index (χ4n) is 3.46. The van der Waals surface area contributed by atoms with E-state index in [9.17, 15) is 0 Å². The van der Waals surface area contributed by atoms with Crippen LogP contribution in [0.2, 0.25) is 0 Å². The molecular weight excluding hydrogens is 477 g/mol. The van der Waals surface area contributed by atoms with E-state index in [1.165, 1.54) is 5.56 Å². The minimum atomic E-state index is 0. The highest BCUT2D eigenvalue weighted by Gasteiger charge is 2.21. The van der Waals surface area contributed by atoms with Crippen LogP contribution in [-0.4, -0.2) is 22.1 Å². The van der Waals surface area contributed by atoms with E-state index in [1.54, 1.807) is 0 Å². The SMILES string of the molecule is I.NC(=NCc1nccn1CCc1ccccc1)NC1CCOc2ccccc21. The summed E-state index contributed by atoms with van der Waals surface area (Å²) < 4.78 is 7.83. The number of benzene rings is 2. The third kappa shape index (κ3) is 5.50. The lowest BCUT2D eigenvalue weighted by atomic mass is 10.0. The number of para-hydroxylation sites is 1. The summed E-state index contributed by atoms with van der Waals surface area (Å²) in [5.41, 5.74) is 8.59. The van der Waals surface area contributed by atoms with Crippen LogP contribution in [0.1, 0.15) is 29.4 Å². The molecule has 0 saturated heterocycles. The van der Waals surface area contributed by atoms with Gasteiger partial charge in [-0.25, -0.2) is 9.98 Å². The quantitative estimate of drug-likeness (QED) is 0.306. The number of imidazole rings is 1. The zero-order chi connectivity index (χ0) is 19.2. The lowest BCUT2D eigenvalue weighted by molar-refractivity contribution is 0.262. The molecule has 1 aliphatic rings. The number of hydrogen-bond acceptors (Lipinski definition) is 3. The van der Waals surface area contributed by atoms with Crippen molar-refractivity contribution in [3.63, 3.8) is 0 Å². The van der Waals surface area contributed by atoms with E-state index in [0.717, 1.165) is 36.5 Å². The van der Waals surface area contributed by atoms with Gasteiger partial charge in [0.2, 0.25) is 0 Å². The Morgan fingerprint density at radius 2 is 1.97 bits per heavy atom. The second-order valence-corrected chi connectivity index (χ2v) is 6.85. The first kappa shape index (κ1) is 21.2. The van der Waals surface area contributed by atoms with Crippen molar-refractivity contribution in [2.75, 3.05) is 6.61 Å². The first-order valence-corrected chi connectivity index (χ1v) is 9.62. The maximum absolute atomic E-state index is 6.15. The zero-order valence-electron chi connectivity index (χ0n) is 16.2. The second kappa shape index (κ2) is 10.3. The second-order valence-electron chi connectivity index (χ2n) is 6.85. The van der Waals surface area contributed by atoms with Gasteiger partial charge in [0.05, 0.1) is 12.6 Å². The monoisotopic (exact) mass is 503 g/mol. The van der Waals surface area contributed by atoms with Gasteiger partial charge in [-0.1, -0.05) is 48.5 Å². The van der Waals surface area contributed by atoms with E-state index >= 15 is 0 Å². The molecule has 7 heteroatoms. The molecule has 152 valence electrons. The molecule has 0 radical (unpaired) electrons. The Balaban J connectivity index is 0.00000240. The number of aryl methyl sites for hydroxylation is 2. The van der Waals surface area contributed by atoms with Crippen LogP contribution >= 0.6 is 24.0 Å². The van der Waals surface area contributed by atoms with E-state index in [1.807, 2.05) is 36.7 Å². The van der Waals surface area contributed by atoms with Gasteiger partial charge in [-0.2, -0.15) is 0 Å².